The molecule has 2 unspecified atom stereocenters. The SMILES string of the molecule is O=C(c1ccc(C(F)(F)F)cc1)N1CCC2CNCC2C1. The highest BCUT2D eigenvalue weighted by atomic mass is 19.4. The number of hydrogen-bond donors (Lipinski definition) is 1. The Kier molecular flexibility index (Phi) is 3.65. The van der Waals surface area contributed by atoms with Crippen LogP contribution in [0.4, 0.5) is 13.2 Å². The minimum Gasteiger partial charge on any atom is -0.338 e. The van der Waals surface area contributed by atoms with Crippen LogP contribution in [0.5, 0.6) is 0 Å². The number of halogens is 3. The maximum Gasteiger partial charge on any atom is 0.416 e. The maximum absolute atomic E-state index is 12.5. The molecule has 1 aromatic carbocycles. The fraction of sp³-hybridized carbons (Fsp3) is 0.533. The summed E-state index contributed by atoms with van der Waals surface area (Å²) < 4.78 is 37.6. The number of fused-ring (bicyclic) bond motifs is 1. The van der Waals surface area contributed by atoms with E-state index >= 15 is 0 Å². The summed E-state index contributed by atoms with van der Waals surface area (Å²) in [6.45, 7) is 3.30. The van der Waals surface area contributed by atoms with Gasteiger partial charge in [0.05, 0.1) is 5.56 Å². The van der Waals surface area contributed by atoms with E-state index in [4.69, 9.17) is 0 Å². The van der Waals surface area contributed by atoms with Crippen LogP contribution in [0.15, 0.2) is 24.3 Å². The standard InChI is InChI=1S/C15H17F3N2O/c16-15(17,18)13-3-1-10(2-4-13)14(21)20-6-5-11-7-19-8-12(11)9-20/h1-4,11-12,19H,5-9H2. The van der Waals surface area contributed by atoms with E-state index in [2.05, 4.69) is 5.32 Å². The Labute approximate surface area is 121 Å². The Morgan fingerprint density at radius 3 is 2.48 bits per heavy atom. The van der Waals surface area contributed by atoms with Gasteiger partial charge < -0.3 is 10.2 Å². The van der Waals surface area contributed by atoms with Crippen LogP contribution < -0.4 is 5.32 Å². The normalized spacial score (nSPS) is 25.8. The zero-order valence-electron chi connectivity index (χ0n) is 11.5. The predicted molar refractivity (Wildman–Crippen MR) is 71.8 cm³/mol. The number of carbonyl (C=O) groups excluding carboxylic acids is 1. The van der Waals surface area contributed by atoms with Gasteiger partial charge in [-0.3, -0.25) is 4.79 Å². The Hall–Kier alpha value is -1.56. The molecular formula is C15H17F3N2O. The number of amides is 1. The summed E-state index contributed by atoms with van der Waals surface area (Å²) in [5.74, 6) is 0.924. The van der Waals surface area contributed by atoms with E-state index in [9.17, 15) is 18.0 Å². The summed E-state index contributed by atoms with van der Waals surface area (Å²) in [4.78, 5) is 14.1. The third kappa shape index (κ3) is 2.90. The average molecular weight is 298 g/mol. The second-order valence-corrected chi connectivity index (χ2v) is 5.79. The van der Waals surface area contributed by atoms with Crippen LogP contribution in [0.3, 0.4) is 0 Å². The van der Waals surface area contributed by atoms with E-state index < -0.39 is 11.7 Å². The van der Waals surface area contributed by atoms with Crippen molar-refractivity contribution in [3.8, 4) is 0 Å². The lowest BCUT2D eigenvalue weighted by Crippen LogP contribution is -2.43. The quantitative estimate of drug-likeness (QED) is 0.863. The largest absolute Gasteiger partial charge is 0.416 e. The van der Waals surface area contributed by atoms with Gasteiger partial charge in [-0.15, -0.1) is 0 Å². The third-order valence-electron chi connectivity index (χ3n) is 4.45. The van der Waals surface area contributed by atoms with Gasteiger partial charge >= 0.3 is 6.18 Å². The molecule has 3 nitrogen and oxygen atoms in total. The maximum atomic E-state index is 12.5. The van der Waals surface area contributed by atoms with Crippen molar-refractivity contribution in [3.05, 3.63) is 35.4 Å². The van der Waals surface area contributed by atoms with Crippen molar-refractivity contribution < 1.29 is 18.0 Å². The smallest absolute Gasteiger partial charge is 0.338 e. The molecule has 2 heterocycles. The van der Waals surface area contributed by atoms with Crippen molar-refractivity contribution in [2.75, 3.05) is 26.2 Å². The molecule has 2 aliphatic heterocycles. The monoisotopic (exact) mass is 298 g/mol. The number of nitrogens with one attached hydrogen (secondary N) is 1. The zero-order valence-corrected chi connectivity index (χ0v) is 11.5. The van der Waals surface area contributed by atoms with Gasteiger partial charge in [0.2, 0.25) is 0 Å². The Balaban J connectivity index is 1.70. The van der Waals surface area contributed by atoms with Gasteiger partial charge in [0.1, 0.15) is 0 Å². The van der Waals surface area contributed by atoms with Gasteiger partial charge in [0, 0.05) is 18.7 Å². The Morgan fingerprint density at radius 2 is 1.81 bits per heavy atom. The zero-order chi connectivity index (χ0) is 15.0. The van der Waals surface area contributed by atoms with Crippen LogP contribution >= 0.6 is 0 Å². The van der Waals surface area contributed by atoms with Crippen molar-refractivity contribution in [1.29, 1.82) is 0 Å². The highest BCUT2D eigenvalue weighted by Gasteiger charge is 2.35. The van der Waals surface area contributed by atoms with Crippen molar-refractivity contribution >= 4 is 5.91 Å². The molecule has 0 bridgehead atoms. The fourth-order valence-corrected chi connectivity index (χ4v) is 3.20. The predicted octanol–water partition coefficient (Wildman–Crippen LogP) is 2.39. The first kappa shape index (κ1) is 14.4. The molecular weight excluding hydrogens is 281 g/mol. The van der Waals surface area contributed by atoms with Crippen LogP contribution in [0.25, 0.3) is 0 Å². The summed E-state index contributed by atoms with van der Waals surface area (Å²) in [6, 6.07) is 4.47. The lowest BCUT2D eigenvalue weighted by atomic mass is 9.88. The molecule has 2 saturated heterocycles. The number of piperidine rings is 1. The molecule has 6 heteroatoms. The molecule has 1 N–H and O–H groups in total. The summed E-state index contributed by atoms with van der Waals surface area (Å²) >= 11 is 0. The van der Waals surface area contributed by atoms with Crippen LogP contribution in [0, 0.1) is 11.8 Å². The number of rotatable bonds is 1. The number of likely N-dealkylation sites (tertiary alicyclic amines) is 1. The fourth-order valence-electron chi connectivity index (χ4n) is 3.20. The first-order valence-electron chi connectivity index (χ1n) is 7.12. The minimum absolute atomic E-state index is 0.172. The molecule has 21 heavy (non-hydrogen) atoms. The van der Waals surface area contributed by atoms with Crippen molar-refractivity contribution in [3.63, 3.8) is 0 Å². The molecule has 3 rings (SSSR count). The van der Waals surface area contributed by atoms with Crippen molar-refractivity contribution in [2.45, 2.75) is 12.6 Å². The topological polar surface area (TPSA) is 32.3 Å². The van der Waals surface area contributed by atoms with E-state index in [-0.39, 0.29) is 5.91 Å². The minimum atomic E-state index is -4.37. The molecule has 0 spiro atoms. The Morgan fingerprint density at radius 1 is 1.14 bits per heavy atom. The number of benzene rings is 1. The van der Waals surface area contributed by atoms with E-state index in [1.807, 2.05) is 0 Å². The first-order chi connectivity index (χ1) is 9.95. The molecule has 1 amide bonds. The van der Waals surface area contributed by atoms with Crippen molar-refractivity contribution in [2.24, 2.45) is 11.8 Å². The lowest BCUT2D eigenvalue weighted by molar-refractivity contribution is -0.137. The third-order valence-corrected chi connectivity index (χ3v) is 4.45. The molecule has 0 radical (unpaired) electrons. The number of hydrogen-bond acceptors (Lipinski definition) is 2. The molecule has 0 aromatic heterocycles. The van der Waals surface area contributed by atoms with Gasteiger partial charge in [-0.05, 0) is 55.6 Å². The van der Waals surface area contributed by atoms with E-state index in [0.29, 0.717) is 30.5 Å². The first-order valence-corrected chi connectivity index (χ1v) is 7.12. The molecule has 1 aromatic rings. The lowest BCUT2D eigenvalue weighted by Gasteiger charge is -2.34. The summed E-state index contributed by atoms with van der Waals surface area (Å²) in [5.41, 5.74) is -0.398. The van der Waals surface area contributed by atoms with Gasteiger partial charge in [-0.1, -0.05) is 0 Å². The van der Waals surface area contributed by atoms with Crippen LogP contribution in [-0.2, 0) is 6.18 Å². The van der Waals surface area contributed by atoms with Gasteiger partial charge in [0.15, 0.2) is 0 Å². The molecule has 2 fully saturated rings. The number of alkyl halides is 3. The molecule has 2 atom stereocenters. The van der Waals surface area contributed by atoms with E-state index in [0.717, 1.165) is 31.6 Å². The highest BCUT2D eigenvalue weighted by molar-refractivity contribution is 5.94. The second kappa shape index (κ2) is 5.33. The van der Waals surface area contributed by atoms with E-state index in [1.54, 1.807) is 4.90 Å². The molecule has 2 aliphatic rings. The van der Waals surface area contributed by atoms with Crippen LogP contribution in [0.2, 0.25) is 0 Å². The average Bonchev–Trinajstić information content (AvgIpc) is 2.93. The Bertz CT molecular complexity index is 527. The molecule has 0 saturated carbocycles. The summed E-state index contributed by atoms with van der Waals surface area (Å²) in [6.07, 6.45) is -3.40. The van der Waals surface area contributed by atoms with Crippen molar-refractivity contribution in [1.82, 2.24) is 10.2 Å². The molecule has 114 valence electrons. The summed E-state index contributed by atoms with van der Waals surface area (Å²) in [7, 11) is 0. The summed E-state index contributed by atoms with van der Waals surface area (Å²) in [5, 5.41) is 3.32. The highest BCUT2D eigenvalue weighted by Crippen LogP contribution is 2.30. The number of carbonyl (C=O) groups is 1. The van der Waals surface area contributed by atoms with Crippen LogP contribution in [0.1, 0.15) is 22.3 Å². The van der Waals surface area contributed by atoms with Gasteiger partial charge in [0.25, 0.3) is 5.91 Å². The van der Waals surface area contributed by atoms with Gasteiger partial charge in [-0.2, -0.15) is 13.2 Å². The molecule has 0 aliphatic carbocycles. The van der Waals surface area contributed by atoms with Gasteiger partial charge in [-0.25, -0.2) is 0 Å². The van der Waals surface area contributed by atoms with Crippen LogP contribution in [-0.4, -0.2) is 37.0 Å². The van der Waals surface area contributed by atoms with E-state index in [1.165, 1.54) is 12.1 Å². The second-order valence-electron chi connectivity index (χ2n) is 5.79. The number of nitrogens with zero attached hydrogens (tertiary/aromatic N) is 1.